The fraction of sp³-hybridized carbons (Fsp3) is 0.625. The Bertz CT molecular complexity index is 373. The van der Waals surface area contributed by atoms with Crippen molar-refractivity contribution in [2.75, 3.05) is 26.7 Å². The van der Waals surface area contributed by atoms with E-state index in [-0.39, 0.29) is 0 Å². The molecule has 1 atom stereocenters. The van der Waals surface area contributed by atoms with Crippen LogP contribution in [-0.2, 0) is 6.42 Å². The molecule has 1 aliphatic carbocycles. The minimum Gasteiger partial charge on any atom is -0.492 e. The van der Waals surface area contributed by atoms with Crippen molar-refractivity contribution in [3.05, 3.63) is 29.8 Å². The molecule has 0 bridgehead atoms. The highest BCUT2D eigenvalue weighted by molar-refractivity contribution is 5.27. The van der Waals surface area contributed by atoms with Crippen LogP contribution < -0.4 is 10.5 Å². The first kappa shape index (κ1) is 14.4. The molecule has 2 N–H and O–H groups in total. The molecular weight excluding hydrogens is 236 g/mol. The van der Waals surface area contributed by atoms with Gasteiger partial charge < -0.3 is 15.4 Å². The van der Waals surface area contributed by atoms with Crippen molar-refractivity contribution in [1.82, 2.24) is 4.90 Å². The summed E-state index contributed by atoms with van der Waals surface area (Å²) in [5.41, 5.74) is 6.81. The number of nitrogens with two attached hydrogens (primary N) is 1. The van der Waals surface area contributed by atoms with Crippen LogP contribution in [0.1, 0.15) is 25.3 Å². The number of rotatable bonds is 8. The van der Waals surface area contributed by atoms with Gasteiger partial charge in [0.2, 0.25) is 0 Å². The standard InChI is InChI=1S/C16H26N2O/c1-13(15-5-6-15)18(2)11-12-19-16-7-3-14(4-8-16)9-10-17/h3-4,7-8,13,15H,5-6,9-12,17H2,1-2H3. The molecule has 1 aromatic carbocycles. The summed E-state index contributed by atoms with van der Waals surface area (Å²) in [6.45, 7) is 4.76. The fourth-order valence-corrected chi connectivity index (χ4v) is 2.37. The number of nitrogens with zero attached hydrogens (tertiary/aromatic N) is 1. The Kier molecular flexibility index (Phi) is 5.23. The molecular formula is C16H26N2O. The van der Waals surface area contributed by atoms with Gasteiger partial charge in [-0.15, -0.1) is 0 Å². The summed E-state index contributed by atoms with van der Waals surface area (Å²) >= 11 is 0. The molecule has 0 saturated heterocycles. The van der Waals surface area contributed by atoms with Gasteiger partial charge in [0.05, 0.1) is 0 Å². The monoisotopic (exact) mass is 262 g/mol. The first-order valence-electron chi connectivity index (χ1n) is 7.32. The average molecular weight is 262 g/mol. The van der Waals surface area contributed by atoms with Crippen LogP contribution in [0.4, 0.5) is 0 Å². The number of ether oxygens (including phenoxy) is 1. The van der Waals surface area contributed by atoms with Gasteiger partial charge in [-0.3, -0.25) is 0 Å². The van der Waals surface area contributed by atoms with Gasteiger partial charge in [0.15, 0.2) is 0 Å². The lowest BCUT2D eigenvalue weighted by Crippen LogP contribution is -2.34. The van der Waals surface area contributed by atoms with Crippen LogP contribution in [0.15, 0.2) is 24.3 Å². The van der Waals surface area contributed by atoms with E-state index in [1.165, 1.54) is 18.4 Å². The summed E-state index contributed by atoms with van der Waals surface area (Å²) in [4.78, 5) is 2.40. The highest BCUT2D eigenvalue weighted by Crippen LogP contribution is 2.34. The molecule has 0 aliphatic heterocycles. The van der Waals surface area contributed by atoms with E-state index >= 15 is 0 Å². The molecule has 3 nitrogen and oxygen atoms in total. The maximum Gasteiger partial charge on any atom is 0.119 e. The Morgan fingerprint density at radius 1 is 1.32 bits per heavy atom. The van der Waals surface area contributed by atoms with E-state index in [0.29, 0.717) is 12.6 Å². The van der Waals surface area contributed by atoms with Crippen molar-refractivity contribution >= 4 is 0 Å². The molecule has 106 valence electrons. The van der Waals surface area contributed by atoms with Crippen LogP contribution in [-0.4, -0.2) is 37.7 Å². The Labute approximate surface area is 116 Å². The fourth-order valence-electron chi connectivity index (χ4n) is 2.37. The quantitative estimate of drug-likeness (QED) is 0.781. The molecule has 2 rings (SSSR count). The summed E-state index contributed by atoms with van der Waals surface area (Å²) in [5, 5.41) is 0. The molecule has 1 unspecified atom stereocenters. The molecule has 3 heteroatoms. The van der Waals surface area contributed by atoms with Crippen molar-refractivity contribution < 1.29 is 4.74 Å². The molecule has 1 fully saturated rings. The normalized spacial score (nSPS) is 16.6. The van der Waals surface area contributed by atoms with Gasteiger partial charge in [-0.25, -0.2) is 0 Å². The Morgan fingerprint density at radius 2 is 2.00 bits per heavy atom. The second-order valence-corrected chi connectivity index (χ2v) is 5.59. The van der Waals surface area contributed by atoms with Gasteiger partial charge in [0.25, 0.3) is 0 Å². The van der Waals surface area contributed by atoms with E-state index in [0.717, 1.165) is 31.2 Å². The highest BCUT2D eigenvalue weighted by atomic mass is 16.5. The largest absolute Gasteiger partial charge is 0.492 e. The first-order chi connectivity index (χ1) is 9.20. The molecule has 0 spiro atoms. The van der Waals surface area contributed by atoms with Crippen molar-refractivity contribution in [3.8, 4) is 5.75 Å². The molecule has 0 amide bonds. The predicted molar refractivity (Wildman–Crippen MR) is 79.5 cm³/mol. The third-order valence-electron chi connectivity index (χ3n) is 4.07. The van der Waals surface area contributed by atoms with Crippen molar-refractivity contribution in [2.45, 2.75) is 32.2 Å². The van der Waals surface area contributed by atoms with Gasteiger partial charge in [0.1, 0.15) is 12.4 Å². The van der Waals surface area contributed by atoms with E-state index in [2.05, 4.69) is 31.0 Å². The van der Waals surface area contributed by atoms with Gasteiger partial charge in [-0.1, -0.05) is 12.1 Å². The summed E-state index contributed by atoms with van der Waals surface area (Å²) in [5.74, 6) is 1.87. The van der Waals surface area contributed by atoms with Crippen LogP contribution in [0.5, 0.6) is 5.75 Å². The maximum atomic E-state index is 5.79. The van der Waals surface area contributed by atoms with Crippen LogP contribution >= 0.6 is 0 Å². The van der Waals surface area contributed by atoms with E-state index < -0.39 is 0 Å². The molecule has 1 aliphatic rings. The lowest BCUT2D eigenvalue weighted by molar-refractivity contribution is 0.186. The summed E-state index contributed by atoms with van der Waals surface area (Å²) in [7, 11) is 2.19. The Balaban J connectivity index is 1.69. The third-order valence-corrected chi connectivity index (χ3v) is 4.07. The molecule has 1 aromatic rings. The number of likely N-dealkylation sites (N-methyl/N-ethyl adjacent to an activating group) is 1. The number of hydrogen-bond donors (Lipinski definition) is 1. The molecule has 19 heavy (non-hydrogen) atoms. The van der Waals surface area contributed by atoms with Crippen molar-refractivity contribution in [3.63, 3.8) is 0 Å². The zero-order valence-corrected chi connectivity index (χ0v) is 12.1. The average Bonchev–Trinajstić information content (AvgIpc) is 3.24. The Hall–Kier alpha value is -1.06. The lowest BCUT2D eigenvalue weighted by atomic mass is 10.1. The zero-order chi connectivity index (χ0) is 13.7. The predicted octanol–water partition coefficient (Wildman–Crippen LogP) is 2.30. The van der Waals surface area contributed by atoms with Crippen LogP contribution in [0.3, 0.4) is 0 Å². The Morgan fingerprint density at radius 3 is 2.58 bits per heavy atom. The topological polar surface area (TPSA) is 38.5 Å². The van der Waals surface area contributed by atoms with Gasteiger partial charge >= 0.3 is 0 Å². The van der Waals surface area contributed by atoms with E-state index in [4.69, 9.17) is 10.5 Å². The van der Waals surface area contributed by atoms with E-state index in [1.807, 2.05) is 12.1 Å². The van der Waals surface area contributed by atoms with E-state index in [9.17, 15) is 0 Å². The van der Waals surface area contributed by atoms with Gasteiger partial charge in [-0.05, 0) is 63.4 Å². The zero-order valence-electron chi connectivity index (χ0n) is 12.1. The summed E-state index contributed by atoms with van der Waals surface area (Å²) < 4.78 is 5.79. The second kappa shape index (κ2) is 6.92. The lowest BCUT2D eigenvalue weighted by Gasteiger charge is -2.24. The molecule has 1 saturated carbocycles. The highest BCUT2D eigenvalue weighted by Gasteiger charge is 2.30. The van der Waals surface area contributed by atoms with Crippen LogP contribution in [0.25, 0.3) is 0 Å². The van der Waals surface area contributed by atoms with Crippen LogP contribution in [0.2, 0.25) is 0 Å². The first-order valence-corrected chi connectivity index (χ1v) is 7.32. The maximum absolute atomic E-state index is 5.79. The van der Waals surface area contributed by atoms with E-state index in [1.54, 1.807) is 0 Å². The molecule has 0 heterocycles. The molecule has 0 aromatic heterocycles. The van der Waals surface area contributed by atoms with Gasteiger partial charge in [-0.2, -0.15) is 0 Å². The SMILES string of the molecule is CC(C1CC1)N(C)CCOc1ccc(CCN)cc1. The third kappa shape index (κ3) is 4.51. The van der Waals surface area contributed by atoms with Crippen LogP contribution in [0, 0.1) is 5.92 Å². The minimum absolute atomic E-state index is 0.690. The number of hydrogen-bond acceptors (Lipinski definition) is 3. The smallest absolute Gasteiger partial charge is 0.119 e. The molecule has 0 radical (unpaired) electrons. The summed E-state index contributed by atoms with van der Waals surface area (Å²) in [6.07, 6.45) is 3.73. The van der Waals surface area contributed by atoms with Crippen molar-refractivity contribution in [1.29, 1.82) is 0 Å². The number of benzene rings is 1. The minimum atomic E-state index is 0.690. The van der Waals surface area contributed by atoms with Gasteiger partial charge in [0, 0.05) is 12.6 Å². The second-order valence-electron chi connectivity index (χ2n) is 5.59. The summed E-state index contributed by atoms with van der Waals surface area (Å²) in [6, 6.07) is 8.96. The van der Waals surface area contributed by atoms with Crippen molar-refractivity contribution in [2.24, 2.45) is 11.7 Å².